The van der Waals surface area contributed by atoms with Crippen LogP contribution in [0.1, 0.15) is 12.7 Å². The summed E-state index contributed by atoms with van der Waals surface area (Å²) in [7, 11) is 0. The van der Waals surface area contributed by atoms with Crippen LogP contribution < -0.4 is 5.32 Å². The van der Waals surface area contributed by atoms with Crippen molar-refractivity contribution in [2.45, 2.75) is 19.3 Å². The van der Waals surface area contributed by atoms with E-state index in [1.165, 1.54) is 6.07 Å². The molecule has 0 spiro atoms. The molecule has 2 rings (SSSR count). The molecule has 0 aliphatic heterocycles. The maximum absolute atomic E-state index is 13.3. The molecule has 19 heavy (non-hydrogen) atoms. The number of fused-ring (bicyclic) bond motifs is 1. The zero-order chi connectivity index (χ0) is 14.0. The molecule has 0 unspecified atom stereocenters. The average Bonchev–Trinajstić information content (AvgIpc) is 2.38. The van der Waals surface area contributed by atoms with Gasteiger partial charge in [-0.1, -0.05) is 12.1 Å². The highest BCUT2D eigenvalue weighted by Crippen LogP contribution is 2.34. The minimum atomic E-state index is -4.37. The molecule has 0 atom stereocenters. The number of hydrogen-bond acceptors (Lipinski definition) is 3. The third kappa shape index (κ3) is 2.45. The van der Waals surface area contributed by atoms with Gasteiger partial charge in [0.15, 0.2) is 0 Å². The number of benzene rings is 1. The normalized spacial score (nSPS) is 12.1. The van der Waals surface area contributed by atoms with E-state index in [2.05, 4.69) is 15.3 Å². The van der Waals surface area contributed by atoms with Crippen LogP contribution in [0.25, 0.3) is 10.9 Å². The third-order valence-corrected chi connectivity index (χ3v) is 2.52. The molecule has 1 N–H and O–H groups in total. The lowest BCUT2D eigenvalue weighted by atomic mass is 10.2. The SMILES string of the molecule is CCNc1nc(C(F)(F)C(F)F)nc2ccccc12. The molecule has 0 aliphatic rings. The number of nitrogens with one attached hydrogen (secondary N) is 1. The van der Waals surface area contributed by atoms with Gasteiger partial charge < -0.3 is 5.32 Å². The van der Waals surface area contributed by atoms with Crippen molar-refractivity contribution in [3.8, 4) is 0 Å². The summed E-state index contributed by atoms with van der Waals surface area (Å²) in [5.41, 5.74) is 0.198. The molecule has 3 nitrogen and oxygen atoms in total. The van der Waals surface area contributed by atoms with Gasteiger partial charge in [0.25, 0.3) is 0 Å². The maximum Gasteiger partial charge on any atom is 0.365 e. The molecular formula is C12H11F4N3. The van der Waals surface area contributed by atoms with E-state index in [1.807, 2.05) is 0 Å². The van der Waals surface area contributed by atoms with Crippen LogP contribution in [-0.2, 0) is 5.92 Å². The summed E-state index contributed by atoms with van der Waals surface area (Å²) in [6, 6.07) is 6.40. The molecular weight excluding hydrogens is 262 g/mol. The Morgan fingerprint density at radius 1 is 1.21 bits per heavy atom. The van der Waals surface area contributed by atoms with Crippen molar-refractivity contribution in [2.24, 2.45) is 0 Å². The molecule has 0 aliphatic carbocycles. The number of rotatable bonds is 4. The van der Waals surface area contributed by atoms with E-state index in [4.69, 9.17) is 0 Å². The molecule has 0 amide bonds. The van der Waals surface area contributed by atoms with Gasteiger partial charge in [0.1, 0.15) is 5.82 Å². The van der Waals surface area contributed by atoms with E-state index >= 15 is 0 Å². The maximum atomic E-state index is 13.3. The Bertz CT molecular complexity index is 586. The van der Waals surface area contributed by atoms with E-state index in [-0.39, 0.29) is 11.3 Å². The lowest BCUT2D eigenvalue weighted by Crippen LogP contribution is -2.27. The fraction of sp³-hybridized carbons (Fsp3) is 0.333. The molecule has 0 bridgehead atoms. The second-order valence-corrected chi connectivity index (χ2v) is 3.87. The molecule has 0 saturated heterocycles. The largest absolute Gasteiger partial charge is 0.370 e. The van der Waals surface area contributed by atoms with Crippen LogP contribution in [-0.4, -0.2) is 22.9 Å². The number of alkyl halides is 4. The number of anilines is 1. The second kappa shape index (κ2) is 4.99. The molecule has 0 radical (unpaired) electrons. The van der Waals surface area contributed by atoms with Crippen molar-refractivity contribution >= 4 is 16.7 Å². The van der Waals surface area contributed by atoms with Crippen LogP contribution in [0.3, 0.4) is 0 Å². The van der Waals surface area contributed by atoms with Crippen molar-refractivity contribution in [2.75, 3.05) is 11.9 Å². The summed E-state index contributed by atoms with van der Waals surface area (Å²) in [6.07, 6.45) is -3.84. The van der Waals surface area contributed by atoms with Crippen LogP contribution in [0.2, 0.25) is 0 Å². The van der Waals surface area contributed by atoms with E-state index in [1.54, 1.807) is 25.1 Å². The van der Waals surface area contributed by atoms with E-state index in [0.717, 1.165) is 0 Å². The quantitative estimate of drug-likeness (QED) is 0.867. The van der Waals surface area contributed by atoms with Gasteiger partial charge in [-0.25, -0.2) is 18.7 Å². The first-order chi connectivity index (χ1) is 8.96. The van der Waals surface area contributed by atoms with Crippen LogP contribution in [0.4, 0.5) is 23.4 Å². The lowest BCUT2D eigenvalue weighted by Gasteiger charge is -2.16. The minimum Gasteiger partial charge on any atom is -0.370 e. The predicted molar refractivity (Wildman–Crippen MR) is 63.6 cm³/mol. The monoisotopic (exact) mass is 273 g/mol. The second-order valence-electron chi connectivity index (χ2n) is 3.87. The zero-order valence-corrected chi connectivity index (χ0v) is 10.0. The minimum absolute atomic E-state index is 0.128. The summed E-state index contributed by atoms with van der Waals surface area (Å²) in [5.74, 6) is -5.41. The Kier molecular flexibility index (Phi) is 3.55. The Balaban J connectivity index is 2.64. The van der Waals surface area contributed by atoms with Gasteiger partial charge in [-0.3, -0.25) is 0 Å². The molecule has 7 heteroatoms. The summed E-state index contributed by atoms with van der Waals surface area (Å²) >= 11 is 0. The molecule has 0 fully saturated rings. The van der Waals surface area contributed by atoms with Gasteiger partial charge in [0, 0.05) is 11.9 Å². The summed E-state index contributed by atoms with van der Waals surface area (Å²) in [4.78, 5) is 7.06. The fourth-order valence-electron chi connectivity index (χ4n) is 1.63. The molecule has 2 aromatic rings. The number of nitrogens with zero attached hydrogens (tertiary/aromatic N) is 2. The van der Waals surface area contributed by atoms with Gasteiger partial charge in [-0.2, -0.15) is 8.78 Å². The predicted octanol–water partition coefficient (Wildman–Crippen LogP) is 3.42. The Morgan fingerprint density at radius 3 is 2.53 bits per heavy atom. The Labute approximate surface area is 106 Å². The highest BCUT2D eigenvalue weighted by Gasteiger charge is 2.46. The van der Waals surface area contributed by atoms with Crippen molar-refractivity contribution in [3.05, 3.63) is 30.1 Å². The smallest absolute Gasteiger partial charge is 0.365 e. The first kappa shape index (κ1) is 13.5. The Hall–Kier alpha value is -1.92. The van der Waals surface area contributed by atoms with Crippen molar-refractivity contribution in [1.29, 1.82) is 0 Å². The zero-order valence-electron chi connectivity index (χ0n) is 10.0. The van der Waals surface area contributed by atoms with E-state index < -0.39 is 18.2 Å². The van der Waals surface area contributed by atoms with E-state index in [9.17, 15) is 17.6 Å². The molecule has 102 valence electrons. The number of aromatic nitrogens is 2. The summed E-state index contributed by atoms with van der Waals surface area (Å²) in [5, 5.41) is 3.28. The van der Waals surface area contributed by atoms with Crippen molar-refractivity contribution in [3.63, 3.8) is 0 Å². The van der Waals surface area contributed by atoms with E-state index in [0.29, 0.717) is 11.9 Å². The lowest BCUT2D eigenvalue weighted by molar-refractivity contribution is -0.140. The van der Waals surface area contributed by atoms with Crippen molar-refractivity contribution in [1.82, 2.24) is 9.97 Å². The topological polar surface area (TPSA) is 37.8 Å². The Morgan fingerprint density at radius 2 is 1.89 bits per heavy atom. The highest BCUT2D eigenvalue weighted by molar-refractivity contribution is 5.89. The summed E-state index contributed by atoms with van der Waals surface area (Å²) in [6.45, 7) is 2.18. The van der Waals surface area contributed by atoms with Crippen LogP contribution >= 0.6 is 0 Å². The number of para-hydroxylation sites is 1. The number of halogens is 4. The van der Waals surface area contributed by atoms with Crippen LogP contribution in [0.15, 0.2) is 24.3 Å². The molecule has 1 aromatic heterocycles. The van der Waals surface area contributed by atoms with Gasteiger partial charge >= 0.3 is 12.3 Å². The standard InChI is InChI=1S/C12H11F4N3/c1-2-17-9-7-5-3-4-6-8(7)18-11(19-9)12(15,16)10(13)14/h3-6,10H,2H2,1H3,(H,17,18,19). The third-order valence-electron chi connectivity index (χ3n) is 2.52. The fourth-order valence-corrected chi connectivity index (χ4v) is 1.63. The van der Waals surface area contributed by atoms with Gasteiger partial charge in [-0.15, -0.1) is 0 Å². The van der Waals surface area contributed by atoms with Gasteiger partial charge in [0.05, 0.1) is 5.52 Å². The van der Waals surface area contributed by atoms with Gasteiger partial charge in [-0.05, 0) is 19.1 Å². The molecule has 0 saturated carbocycles. The summed E-state index contributed by atoms with van der Waals surface area (Å²) < 4.78 is 51.4. The van der Waals surface area contributed by atoms with Crippen LogP contribution in [0.5, 0.6) is 0 Å². The van der Waals surface area contributed by atoms with Crippen molar-refractivity contribution < 1.29 is 17.6 Å². The highest BCUT2D eigenvalue weighted by atomic mass is 19.3. The molecule has 1 aromatic carbocycles. The first-order valence-electron chi connectivity index (χ1n) is 5.64. The van der Waals surface area contributed by atoms with Crippen LogP contribution in [0, 0.1) is 0 Å². The molecule has 1 heterocycles. The number of hydrogen-bond donors (Lipinski definition) is 1. The average molecular weight is 273 g/mol. The van der Waals surface area contributed by atoms with Gasteiger partial charge in [0.2, 0.25) is 5.82 Å². The first-order valence-corrected chi connectivity index (χ1v) is 5.64.